The van der Waals surface area contributed by atoms with Gasteiger partial charge in [0.05, 0.1) is 5.60 Å². The van der Waals surface area contributed by atoms with Crippen LogP contribution in [0, 0.1) is 0 Å². The Kier molecular flexibility index (Phi) is 4.45. The van der Waals surface area contributed by atoms with E-state index in [4.69, 9.17) is 4.74 Å². The third kappa shape index (κ3) is 3.57. The van der Waals surface area contributed by atoms with Gasteiger partial charge in [0.25, 0.3) is 0 Å². The molecule has 5 heteroatoms. The Morgan fingerprint density at radius 2 is 2.25 bits per heavy atom. The molecule has 24 heavy (non-hydrogen) atoms. The number of aromatic nitrogens is 2. The molecule has 4 rings (SSSR count). The Labute approximate surface area is 143 Å². The lowest BCUT2D eigenvalue weighted by Gasteiger charge is -2.38. The lowest BCUT2D eigenvalue weighted by Crippen LogP contribution is -2.46. The number of anilines is 1. The summed E-state index contributed by atoms with van der Waals surface area (Å²) in [5.74, 6) is 0.963. The Morgan fingerprint density at radius 3 is 3.08 bits per heavy atom. The lowest BCUT2D eigenvalue weighted by molar-refractivity contribution is -0.0737. The van der Waals surface area contributed by atoms with E-state index in [1.54, 1.807) is 0 Å². The minimum atomic E-state index is -0.00704. The summed E-state index contributed by atoms with van der Waals surface area (Å²) in [6.45, 7) is 3.87. The second-order valence-corrected chi connectivity index (χ2v) is 6.90. The van der Waals surface area contributed by atoms with E-state index in [1.807, 2.05) is 42.9 Å². The number of pyridine rings is 2. The summed E-state index contributed by atoms with van der Waals surface area (Å²) < 4.78 is 6.24. The standard InChI is InChI=1S/C19H24N4O/c1-2-9-21-18(5-1)22-17-6-11-24-19(12-17)7-10-23(15-19)14-16-4-3-8-20-13-16/h1-5,8-9,13,17H,6-7,10-12,14-15H2,(H,21,22)/t17-,19+/m1/s1. The molecule has 1 N–H and O–H groups in total. The number of hydrogen-bond acceptors (Lipinski definition) is 5. The van der Waals surface area contributed by atoms with Crippen molar-refractivity contribution in [2.75, 3.05) is 25.0 Å². The summed E-state index contributed by atoms with van der Waals surface area (Å²) in [6, 6.07) is 10.6. The maximum atomic E-state index is 6.24. The Hall–Kier alpha value is -1.98. The van der Waals surface area contributed by atoms with Crippen molar-refractivity contribution in [1.82, 2.24) is 14.9 Å². The molecule has 2 saturated heterocycles. The van der Waals surface area contributed by atoms with Gasteiger partial charge in [-0.1, -0.05) is 12.1 Å². The summed E-state index contributed by atoms with van der Waals surface area (Å²) in [5.41, 5.74) is 1.26. The molecule has 0 aliphatic carbocycles. The average molecular weight is 324 g/mol. The predicted molar refractivity (Wildman–Crippen MR) is 93.7 cm³/mol. The van der Waals surface area contributed by atoms with Gasteiger partial charge in [-0.2, -0.15) is 0 Å². The van der Waals surface area contributed by atoms with Crippen LogP contribution in [0.3, 0.4) is 0 Å². The number of likely N-dealkylation sites (tertiary alicyclic amines) is 1. The molecule has 0 unspecified atom stereocenters. The van der Waals surface area contributed by atoms with Crippen molar-refractivity contribution < 1.29 is 4.74 Å². The van der Waals surface area contributed by atoms with E-state index < -0.39 is 0 Å². The molecular weight excluding hydrogens is 300 g/mol. The molecule has 0 aromatic carbocycles. The summed E-state index contributed by atoms with van der Waals surface area (Å²) >= 11 is 0. The van der Waals surface area contributed by atoms with Gasteiger partial charge in [-0.05, 0) is 43.0 Å². The van der Waals surface area contributed by atoms with Crippen LogP contribution in [0.15, 0.2) is 48.9 Å². The summed E-state index contributed by atoms with van der Waals surface area (Å²) in [6.07, 6.45) is 8.82. The lowest BCUT2D eigenvalue weighted by atomic mass is 9.89. The van der Waals surface area contributed by atoms with E-state index in [0.717, 1.165) is 51.3 Å². The van der Waals surface area contributed by atoms with Crippen LogP contribution < -0.4 is 5.32 Å². The third-order valence-corrected chi connectivity index (χ3v) is 5.03. The summed E-state index contributed by atoms with van der Waals surface area (Å²) in [5, 5.41) is 3.58. The molecule has 0 amide bonds. The molecule has 0 radical (unpaired) electrons. The molecule has 2 aromatic rings. The van der Waals surface area contributed by atoms with Gasteiger partial charge in [-0.25, -0.2) is 4.98 Å². The average Bonchev–Trinajstić information content (AvgIpc) is 2.98. The monoisotopic (exact) mass is 324 g/mol. The minimum absolute atomic E-state index is 0.00704. The van der Waals surface area contributed by atoms with Gasteiger partial charge in [0.1, 0.15) is 5.82 Å². The SMILES string of the molecule is c1ccc(N[C@@H]2CCO[C@@]3(CCN(Cc4cccnc4)C3)C2)nc1. The fourth-order valence-corrected chi connectivity index (χ4v) is 3.90. The molecule has 2 aromatic heterocycles. The number of rotatable bonds is 4. The highest BCUT2D eigenvalue weighted by molar-refractivity contribution is 5.34. The number of ether oxygens (including phenoxy) is 1. The van der Waals surface area contributed by atoms with Crippen molar-refractivity contribution in [3.63, 3.8) is 0 Å². The first kappa shape index (κ1) is 15.5. The molecule has 1 spiro atoms. The van der Waals surface area contributed by atoms with Crippen molar-refractivity contribution >= 4 is 5.82 Å². The Morgan fingerprint density at radius 1 is 1.25 bits per heavy atom. The zero-order chi connectivity index (χ0) is 16.2. The van der Waals surface area contributed by atoms with E-state index in [0.29, 0.717) is 6.04 Å². The summed E-state index contributed by atoms with van der Waals surface area (Å²) in [7, 11) is 0. The second-order valence-electron chi connectivity index (χ2n) is 6.90. The van der Waals surface area contributed by atoms with Crippen molar-refractivity contribution in [2.24, 2.45) is 0 Å². The van der Waals surface area contributed by atoms with E-state index >= 15 is 0 Å². The van der Waals surface area contributed by atoms with Gasteiger partial charge in [-0.15, -0.1) is 0 Å². The molecule has 126 valence electrons. The van der Waals surface area contributed by atoms with Gasteiger partial charge in [0, 0.05) is 50.9 Å². The van der Waals surface area contributed by atoms with Crippen LogP contribution in [0.25, 0.3) is 0 Å². The van der Waals surface area contributed by atoms with Crippen molar-refractivity contribution in [2.45, 2.75) is 37.5 Å². The van der Waals surface area contributed by atoms with Gasteiger partial charge in [0.2, 0.25) is 0 Å². The molecule has 2 aliphatic rings. The van der Waals surface area contributed by atoms with E-state index in [1.165, 1.54) is 5.56 Å². The first-order valence-corrected chi connectivity index (χ1v) is 8.74. The minimum Gasteiger partial charge on any atom is -0.373 e. The van der Waals surface area contributed by atoms with Gasteiger partial charge in [0.15, 0.2) is 0 Å². The fraction of sp³-hybridized carbons (Fsp3) is 0.474. The molecular formula is C19H24N4O. The maximum absolute atomic E-state index is 6.24. The van der Waals surface area contributed by atoms with E-state index in [-0.39, 0.29) is 5.60 Å². The van der Waals surface area contributed by atoms with Crippen LogP contribution in [0.4, 0.5) is 5.82 Å². The van der Waals surface area contributed by atoms with Crippen LogP contribution in [-0.2, 0) is 11.3 Å². The van der Waals surface area contributed by atoms with Crippen LogP contribution in [0.1, 0.15) is 24.8 Å². The normalized spacial score (nSPS) is 27.4. The Bertz CT molecular complexity index is 651. The molecule has 2 aliphatic heterocycles. The van der Waals surface area contributed by atoms with Crippen LogP contribution in [-0.4, -0.2) is 46.2 Å². The third-order valence-electron chi connectivity index (χ3n) is 5.03. The zero-order valence-electron chi connectivity index (χ0n) is 13.9. The fourth-order valence-electron chi connectivity index (χ4n) is 3.90. The quantitative estimate of drug-likeness (QED) is 0.937. The molecule has 2 atom stereocenters. The van der Waals surface area contributed by atoms with Crippen molar-refractivity contribution in [3.8, 4) is 0 Å². The second kappa shape index (κ2) is 6.87. The largest absolute Gasteiger partial charge is 0.373 e. The molecule has 0 bridgehead atoms. The number of hydrogen-bond donors (Lipinski definition) is 1. The highest BCUT2D eigenvalue weighted by atomic mass is 16.5. The highest BCUT2D eigenvalue weighted by Crippen LogP contribution is 2.35. The Balaban J connectivity index is 1.37. The maximum Gasteiger partial charge on any atom is 0.126 e. The van der Waals surface area contributed by atoms with E-state index in [9.17, 15) is 0 Å². The van der Waals surface area contributed by atoms with Crippen LogP contribution in [0.2, 0.25) is 0 Å². The van der Waals surface area contributed by atoms with Gasteiger partial charge >= 0.3 is 0 Å². The number of nitrogens with one attached hydrogen (secondary N) is 1. The first-order chi connectivity index (χ1) is 11.8. The van der Waals surface area contributed by atoms with Gasteiger partial charge in [-0.3, -0.25) is 9.88 Å². The van der Waals surface area contributed by atoms with E-state index in [2.05, 4.69) is 26.3 Å². The molecule has 2 fully saturated rings. The molecule has 4 heterocycles. The molecule has 5 nitrogen and oxygen atoms in total. The first-order valence-electron chi connectivity index (χ1n) is 8.74. The topological polar surface area (TPSA) is 50.3 Å². The highest BCUT2D eigenvalue weighted by Gasteiger charge is 2.43. The van der Waals surface area contributed by atoms with Crippen molar-refractivity contribution in [1.29, 1.82) is 0 Å². The number of nitrogens with zero attached hydrogens (tertiary/aromatic N) is 3. The zero-order valence-corrected chi connectivity index (χ0v) is 13.9. The smallest absolute Gasteiger partial charge is 0.126 e. The summed E-state index contributed by atoms with van der Waals surface area (Å²) in [4.78, 5) is 11.1. The van der Waals surface area contributed by atoms with Crippen molar-refractivity contribution in [3.05, 3.63) is 54.5 Å². The predicted octanol–water partition coefficient (Wildman–Crippen LogP) is 2.71. The molecule has 0 saturated carbocycles. The van der Waals surface area contributed by atoms with Crippen LogP contribution >= 0.6 is 0 Å². The van der Waals surface area contributed by atoms with Crippen LogP contribution in [0.5, 0.6) is 0 Å². The van der Waals surface area contributed by atoms with Gasteiger partial charge < -0.3 is 10.1 Å².